The predicted molar refractivity (Wildman–Crippen MR) is 109 cm³/mol. The van der Waals surface area contributed by atoms with Crippen molar-refractivity contribution >= 4 is 26.8 Å². The molecule has 1 nitrogen and oxygen atoms in total. The van der Waals surface area contributed by atoms with Crippen LogP contribution in [0.1, 0.15) is 0 Å². The van der Waals surface area contributed by atoms with Crippen molar-refractivity contribution in [3.05, 3.63) is 86.0 Å². The Kier molecular flexibility index (Phi) is 5.94. The fourth-order valence-corrected chi connectivity index (χ4v) is 13.6. The van der Waals surface area contributed by atoms with Crippen LogP contribution in [0, 0.1) is 0 Å². The maximum Gasteiger partial charge on any atom is 0.152 e. The summed E-state index contributed by atoms with van der Waals surface area (Å²) in [5, 5.41) is 2.89. The van der Waals surface area contributed by atoms with Crippen LogP contribution in [0.2, 0.25) is 25.2 Å². The van der Waals surface area contributed by atoms with Crippen molar-refractivity contribution in [2.45, 2.75) is 25.2 Å². The molecule has 0 bridgehead atoms. The van der Waals surface area contributed by atoms with E-state index in [4.69, 9.17) is 0 Å². The van der Waals surface area contributed by atoms with E-state index in [2.05, 4.69) is 104 Å². The van der Waals surface area contributed by atoms with E-state index in [1.165, 1.54) is 10.4 Å². The van der Waals surface area contributed by atoms with Crippen molar-refractivity contribution in [2.75, 3.05) is 0 Å². The number of benzene rings is 2. The van der Waals surface area contributed by atoms with Crippen molar-refractivity contribution in [3.63, 3.8) is 0 Å². The Labute approximate surface area is 143 Å². The molecule has 1 N–H and O–H groups in total. The molecule has 0 saturated carbocycles. The number of hydrogen-bond donors (Lipinski definition) is 1. The molecule has 0 saturated heterocycles. The highest BCUT2D eigenvalue weighted by molar-refractivity contribution is 7.03. The van der Waals surface area contributed by atoms with Gasteiger partial charge in [-0.1, -0.05) is 85.9 Å². The fraction of sp³-hybridized carbons (Fsp3) is 0.200. The van der Waals surface area contributed by atoms with Gasteiger partial charge in [0.05, 0.1) is 0 Å². The maximum atomic E-state index is 4.18. The molecule has 0 heterocycles. The van der Waals surface area contributed by atoms with Crippen LogP contribution in [0.15, 0.2) is 86.0 Å². The number of rotatable bonds is 8. The number of hydrogen-bond acceptors (Lipinski definition) is 1. The first-order valence-corrected chi connectivity index (χ1v) is 13.6. The summed E-state index contributed by atoms with van der Waals surface area (Å²) in [5.41, 5.74) is 0. The van der Waals surface area contributed by atoms with Crippen molar-refractivity contribution in [1.82, 2.24) is 4.65 Å². The number of nitrogens with one attached hydrogen (secondary N) is 1. The fourth-order valence-electron chi connectivity index (χ4n) is 3.28. The molecule has 3 heteroatoms. The van der Waals surface area contributed by atoms with Gasteiger partial charge < -0.3 is 4.65 Å². The molecule has 0 radical (unpaired) electrons. The van der Waals surface area contributed by atoms with Gasteiger partial charge in [-0.3, -0.25) is 0 Å². The molecule has 2 atom stereocenters. The first-order chi connectivity index (χ1) is 11.0. The van der Waals surface area contributed by atoms with E-state index in [0.29, 0.717) is 0 Å². The first-order valence-electron chi connectivity index (χ1n) is 8.16. The molecule has 0 amide bonds. The monoisotopic (exact) mass is 337 g/mol. The lowest BCUT2D eigenvalue weighted by atomic mass is 10.4. The van der Waals surface area contributed by atoms with E-state index < -0.39 is 16.5 Å². The molecule has 0 spiro atoms. The summed E-state index contributed by atoms with van der Waals surface area (Å²) >= 11 is 0. The van der Waals surface area contributed by atoms with Gasteiger partial charge in [0.2, 0.25) is 0 Å². The van der Waals surface area contributed by atoms with Gasteiger partial charge >= 0.3 is 0 Å². The predicted octanol–water partition coefficient (Wildman–Crippen LogP) is 3.91. The second-order valence-corrected chi connectivity index (χ2v) is 14.8. The van der Waals surface area contributed by atoms with E-state index in [9.17, 15) is 0 Å². The second-order valence-electron chi connectivity index (χ2n) is 6.51. The topological polar surface area (TPSA) is 12.0 Å². The largest absolute Gasteiger partial charge is 0.352 e. The highest BCUT2D eigenvalue weighted by atomic mass is 28.4. The average Bonchev–Trinajstić information content (AvgIpc) is 2.57. The lowest BCUT2D eigenvalue weighted by molar-refractivity contribution is 1.27. The summed E-state index contributed by atoms with van der Waals surface area (Å²) in [6.45, 7) is 12.9. The normalized spacial score (nSPS) is 16.1. The van der Waals surface area contributed by atoms with Crippen LogP contribution in [-0.2, 0) is 0 Å². The van der Waals surface area contributed by atoms with Gasteiger partial charge in [0, 0.05) is 0 Å². The van der Waals surface area contributed by atoms with Gasteiger partial charge in [-0.05, 0) is 22.5 Å². The van der Waals surface area contributed by atoms with Crippen LogP contribution in [-0.4, -0.2) is 16.5 Å². The zero-order chi connectivity index (χ0) is 16.8. The van der Waals surface area contributed by atoms with Crippen molar-refractivity contribution in [1.29, 1.82) is 0 Å². The molecule has 0 fully saturated rings. The number of allylic oxidation sites excluding steroid dienone is 2. The second kappa shape index (κ2) is 7.73. The zero-order valence-corrected chi connectivity index (χ0v) is 16.3. The van der Waals surface area contributed by atoms with E-state index in [-0.39, 0.29) is 0 Å². The molecule has 120 valence electrons. The van der Waals surface area contributed by atoms with E-state index in [1.807, 2.05) is 0 Å². The standard InChI is InChI=1S/C20H27NSi2/c1-5-17-22(3,19-13-9-7-10-14-19)21-23(4,18-6-2)20-15-11-8-12-16-20/h5-16,21H,1-2,17-18H2,3-4H3. The molecular weight excluding hydrogens is 310 g/mol. The van der Waals surface area contributed by atoms with Crippen LogP contribution in [0.3, 0.4) is 0 Å². The van der Waals surface area contributed by atoms with Crippen LogP contribution in [0.25, 0.3) is 0 Å². The Morgan fingerprint density at radius 2 is 1.09 bits per heavy atom. The third-order valence-electron chi connectivity index (χ3n) is 4.48. The van der Waals surface area contributed by atoms with E-state index >= 15 is 0 Å². The Balaban J connectivity index is 2.43. The Hall–Kier alpha value is -1.69. The van der Waals surface area contributed by atoms with Gasteiger partial charge in [0.1, 0.15) is 0 Å². The maximum absolute atomic E-state index is 4.18. The Morgan fingerprint density at radius 1 is 0.739 bits per heavy atom. The summed E-state index contributed by atoms with van der Waals surface area (Å²) in [7, 11) is -3.67. The Bertz CT molecular complexity index is 584. The third kappa shape index (κ3) is 4.19. The molecule has 0 aliphatic heterocycles. The van der Waals surface area contributed by atoms with Crippen molar-refractivity contribution in [2.24, 2.45) is 0 Å². The minimum Gasteiger partial charge on any atom is -0.352 e. The minimum atomic E-state index is -1.84. The average molecular weight is 338 g/mol. The highest BCUT2D eigenvalue weighted by Gasteiger charge is 2.38. The molecule has 2 rings (SSSR count). The minimum absolute atomic E-state index is 1.03. The van der Waals surface area contributed by atoms with Crippen LogP contribution in [0.4, 0.5) is 0 Å². The third-order valence-corrected chi connectivity index (χ3v) is 14.3. The highest BCUT2D eigenvalue weighted by Crippen LogP contribution is 2.16. The van der Waals surface area contributed by atoms with Gasteiger partial charge in [-0.15, -0.1) is 13.2 Å². The quantitative estimate of drug-likeness (QED) is 0.569. The smallest absolute Gasteiger partial charge is 0.152 e. The molecule has 0 aliphatic rings. The van der Waals surface area contributed by atoms with Gasteiger partial charge in [-0.2, -0.15) is 0 Å². The summed E-state index contributed by atoms with van der Waals surface area (Å²) in [6.07, 6.45) is 4.14. The molecular formula is C20H27NSi2. The zero-order valence-electron chi connectivity index (χ0n) is 14.3. The van der Waals surface area contributed by atoms with Crippen LogP contribution >= 0.6 is 0 Å². The van der Waals surface area contributed by atoms with Crippen LogP contribution < -0.4 is 15.0 Å². The lowest BCUT2D eigenvalue weighted by Gasteiger charge is -2.39. The van der Waals surface area contributed by atoms with Crippen LogP contribution in [0.5, 0.6) is 0 Å². The molecule has 2 aromatic rings. The SMILES string of the molecule is C=CC[Si](C)(N[Si](C)(CC=C)c1ccccc1)c1ccccc1. The summed E-state index contributed by atoms with van der Waals surface area (Å²) in [6, 6.07) is 23.8. The molecule has 2 unspecified atom stereocenters. The molecule has 2 aromatic carbocycles. The summed E-state index contributed by atoms with van der Waals surface area (Å²) < 4.78 is 4.18. The Morgan fingerprint density at radius 3 is 1.39 bits per heavy atom. The lowest BCUT2D eigenvalue weighted by Crippen LogP contribution is -2.71. The first kappa shape index (κ1) is 17.7. The van der Waals surface area contributed by atoms with Gasteiger partial charge in [0.25, 0.3) is 0 Å². The summed E-state index contributed by atoms with van der Waals surface area (Å²) in [5.74, 6) is 0. The van der Waals surface area contributed by atoms with Crippen molar-refractivity contribution in [3.8, 4) is 0 Å². The summed E-state index contributed by atoms with van der Waals surface area (Å²) in [4.78, 5) is 0. The molecule has 0 aromatic heterocycles. The van der Waals surface area contributed by atoms with Crippen molar-refractivity contribution < 1.29 is 0 Å². The van der Waals surface area contributed by atoms with Gasteiger partial charge in [-0.25, -0.2) is 0 Å². The molecule has 23 heavy (non-hydrogen) atoms. The van der Waals surface area contributed by atoms with E-state index in [0.717, 1.165) is 12.1 Å². The van der Waals surface area contributed by atoms with Gasteiger partial charge in [0.15, 0.2) is 16.5 Å². The molecule has 0 aliphatic carbocycles. The van der Waals surface area contributed by atoms with E-state index in [1.54, 1.807) is 0 Å².